The van der Waals surface area contributed by atoms with Crippen molar-refractivity contribution >= 4 is 0 Å². The molecule has 0 heterocycles. The van der Waals surface area contributed by atoms with E-state index in [9.17, 15) is 0 Å². The highest BCUT2D eigenvalue weighted by atomic mass is 16.5. The van der Waals surface area contributed by atoms with Crippen LogP contribution in [0.1, 0.15) is 47.0 Å². The molecule has 0 N–H and O–H groups in total. The van der Waals surface area contributed by atoms with Crippen LogP contribution in [0.2, 0.25) is 0 Å². The highest BCUT2D eigenvalue weighted by Crippen LogP contribution is 2.56. The van der Waals surface area contributed by atoms with Crippen molar-refractivity contribution in [2.45, 2.75) is 52.6 Å². The third kappa shape index (κ3) is 2.45. The minimum atomic E-state index is -0.0533. The first-order chi connectivity index (χ1) is 8.84. The number of allylic oxidation sites excluding steroid dienone is 3. The van der Waals surface area contributed by atoms with Crippen molar-refractivity contribution in [1.29, 1.82) is 0 Å². The van der Waals surface area contributed by atoms with E-state index in [1.807, 2.05) is 13.2 Å². The van der Waals surface area contributed by atoms with Crippen molar-refractivity contribution < 1.29 is 4.74 Å². The van der Waals surface area contributed by atoms with Crippen LogP contribution in [0.3, 0.4) is 0 Å². The summed E-state index contributed by atoms with van der Waals surface area (Å²) in [4.78, 5) is 0. The lowest BCUT2D eigenvalue weighted by Crippen LogP contribution is -2.49. The molecule has 1 nitrogen and oxygen atoms in total. The van der Waals surface area contributed by atoms with E-state index in [0.717, 1.165) is 12.8 Å². The topological polar surface area (TPSA) is 9.23 Å². The van der Waals surface area contributed by atoms with Gasteiger partial charge in [-0.3, -0.25) is 0 Å². The Labute approximate surface area is 118 Å². The van der Waals surface area contributed by atoms with Crippen LogP contribution in [-0.2, 0) is 4.74 Å². The van der Waals surface area contributed by atoms with Crippen molar-refractivity contribution in [1.82, 2.24) is 0 Å². The van der Waals surface area contributed by atoms with Gasteiger partial charge in [0.1, 0.15) is 0 Å². The Morgan fingerprint density at radius 3 is 2.63 bits per heavy atom. The normalized spacial score (nSPS) is 37.3. The van der Waals surface area contributed by atoms with E-state index in [1.165, 1.54) is 12.0 Å². The highest BCUT2D eigenvalue weighted by Gasteiger charge is 2.50. The van der Waals surface area contributed by atoms with Gasteiger partial charge in [0.05, 0.1) is 5.60 Å². The van der Waals surface area contributed by atoms with Gasteiger partial charge < -0.3 is 4.74 Å². The molecule has 0 saturated carbocycles. The fourth-order valence-electron chi connectivity index (χ4n) is 3.96. The quantitative estimate of drug-likeness (QED) is 0.638. The molecule has 3 aliphatic carbocycles. The Kier molecular flexibility index (Phi) is 3.79. The molecule has 0 aromatic heterocycles. The first-order valence-corrected chi connectivity index (χ1v) is 7.43. The van der Waals surface area contributed by atoms with E-state index < -0.39 is 0 Å². The van der Waals surface area contributed by atoms with Gasteiger partial charge in [0, 0.05) is 18.4 Å². The summed E-state index contributed by atoms with van der Waals surface area (Å²) in [6.45, 7) is 13.1. The fourth-order valence-corrected chi connectivity index (χ4v) is 3.96. The number of hydrogen-bond acceptors (Lipinski definition) is 1. The molecule has 0 spiro atoms. The predicted octanol–water partition coefficient (Wildman–Crippen LogP) is 4.91. The second kappa shape index (κ2) is 4.94. The average molecular weight is 260 g/mol. The summed E-state index contributed by atoms with van der Waals surface area (Å²) in [5.74, 6) is 1.14. The zero-order valence-corrected chi connectivity index (χ0v) is 13.1. The van der Waals surface area contributed by atoms with Gasteiger partial charge in [0.25, 0.3) is 0 Å². The van der Waals surface area contributed by atoms with E-state index in [-0.39, 0.29) is 11.0 Å². The summed E-state index contributed by atoms with van der Waals surface area (Å²) in [6, 6.07) is 0. The highest BCUT2D eigenvalue weighted by molar-refractivity contribution is 5.41. The molecule has 3 unspecified atom stereocenters. The van der Waals surface area contributed by atoms with Gasteiger partial charge in [-0.15, -0.1) is 6.58 Å². The monoisotopic (exact) mass is 260 g/mol. The Balaban J connectivity index is 2.41. The summed E-state index contributed by atoms with van der Waals surface area (Å²) >= 11 is 0. The minimum Gasteiger partial charge on any atom is -0.378 e. The molecule has 19 heavy (non-hydrogen) atoms. The summed E-state index contributed by atoms with van der Waals surface area (Å²) in [5, 5.41) is 0. The lowest BCUT2D eigenvalue weighted by Gasteiger charge is -2.53. The maximum Gasteiger partial charge on any atom is 0.0761 e. The fraction of sp³-hybridized carbons (Fsp3) is 0.667. The molecule has 106 valence electrons. The molecule has 0 aromatic rings. The Morgan fingerprint density at radius 1 is 1.47 bits per heavy atom. The molecule has 3 atom stereocenters. The molecule has 0 saturated heterocycles. The SMILES string of the molecule is C=CCC1=CC2(C)CC(C)(OC)C1C=C2CC(C)C. The van der Waals surface area contributed by atoms with Crippen LogP contribution in [0.4, 0.5) is 0 Å². The van der Waals surface area contributed by atoms with Crippen LogP contribution in [0.5, 0.6) is 0 Å². The smallest absolute Gasteiger partial charge is 0.0761 e. The van der Waals surface area contributed by atoms with E-state index in [2.05, 4.69) is 46.4 Å². The molecule has 1 heteroatoms. The van der Waals surface area contributed by atoms with Crippen molar-refractivity contribution in [3.8, 4) is 0 Å². The third-order valence-corrected chi connectivity index (χ3v) is 4.86. The van der Waals surface area contributed by atoms with E-state index in [4.69, 9.17) is 4.74 Å². The molecule has 0 aliphatic heterocycles. The first-order valence-electron chi connectivity index (χ1n) is 7.43. The third-order valence-electron chi connectivity index (χ3n) is 4.86. The number of hydrogen-bond donors (Lipinski definition) is 0. The summed E-state index contributed by atoms with van der Waals surface area (Å²) in [6.07, 6.45) is 10.3. The standard InChI is InChI=1S/C18H28O/c1-7-8-14-11-17(4)12-18(5,19-6)16(14)10-15(17)9-13(2)3/h7,10-11,13,16H,1,8-9,12H2,2-6H3. The Hall–Kier alpha value is -0.820. The number of methoxy groups -OCH3 is 1. The second-order valence-electron chi connectivity index (χ2n) is 7.09. The van der Waals surface area contributed by atoms with Crippen LogP contribution < -0.4 is 0 Å². The van der Waals surface area contributed by atoms with Crippen LogP contribution in [0.25, 0.3) is 0 Å². The Morgan fingerprint density at radius 2 is 2.16 bits per heavy atom. The van der Waals surface area contributed by atoms with Crippen molar-refractivity contribution in [2.75, 3.05) is 7.11 Å². The number of ether oxygens (including phenoxy) is 1. The van der Waals surface area contributed by atoms with Gasteiger partial charge >= 0.3 is 0 Å². The van der Waals surface area contributed by atoms with Crippen molar-refractivity contribution in [3.05, 3.63) is 36.0 Å². The predicted molar refractivity (Wildman–Crippen MR) is 82.1 cm³/mol. The molecule has 3 aliphatic rings. The van der Waals surface area contributed by atoms with Crippen molar-refractivity contribution in [2.24, 2.45) is 17.3 Å². The van der Waals surface area contributed by atoms with Gasteiger partial charge in [-0.2, -0.15) is 0 Å². The maximum absolute atomic E-state index is 5.89. The summed E-state index contributed by atoms with van der Waals surface area (Å²) in [7, 11) is 1.85. The number of fused-ring (bicyclic) bond motifs is 1. The maximum atomic E-state index is 5.89. The number of rotatable bonds is 5. The zero-order valence-electron chi connectivity index (χ0n) is 13.1. The lowest BCUT2D eigenvalue weighted by molar-refractivity contribution is -0.0565. The molecule has 0 radical (unpaired) electrons. The van der Waals surface area contributed by atoms with Gasteiger partial charge in [-0.25, -0.2) is 0 Å². The van der Waals surface area contributed by atoms with Crippen LogP contribution in [0.15, 0.2) is 36.0 Å². The summed E-state index contributed by atoms with van der Waals surface area (Å²) in [5.41, 5.74) is 3.21. The molecular formula is C18H28O. The summed E-state index contributed by atoms with van der Waals surface area (Å²) < 4.78 is 5.89. The van der Waals surface area contributed by atoms with Gasteiger partial charge in [0.2, 0.25) is 0 Å². The van der Waals surface area contributed by atoms with Crippen LogP contribution in [0, 0.1) is 17.3 Å². The van der Waals surface area contributed by atoms with Crippen molar-refractivity contribution in [3.63, 3.8) is 0 Å². The Bertz CT molecular complexity index is 429. The van der Waals surface area contributed by atoms with E-state index >= 15 is 0 Å². The molecule has 0 fully saturated rings. The van der Waals surface area contributed by atoms with E-state index in [1.54, 1.807) is 5.57 Å². The van der Waals surface area contributed by atoms with Gasteiger partial charge in [-0.1, -0.05) is 50.1 Å². The molecule has 0 aromatic carbocycles. The molecule has 3 rings (SSSR count). The first kappa shape index (κ1) is 14.6. The molecule has 0 amide bonds. The van der Waals surface area contributed by atoms with Gasteiger partial charge in [-0.05, 0) is 32.1 Å². The zero-order chi connectivity index (χ0) is 14.3. The molecular weight excluding hydrogens is 232 g/mol. The lowest BCUT2D eigenvalue weighted by atomic mass is 9.56. The van der Waals surface area contributed by atoms with Crippen LogP contribution >= 0.6 is 0 Å². The largest absolute Gasteiger partial charge is 0.378 e. The average Bonchev–Trinajstić information content (AvgIpc) is 2.31. The minimum absolute atomic E-state index is 0.0533. The second-order valence-corrected chi connectivity index (χ2v) is 7.09. The van der Waals surface area contributed by atoms with Crippen LogP contribution in [-0.4, -0.2) is 12.7 Å². The molecule has 2 bridgehead atoms. The van der Waals surface area contributed by atoms with E-state index in [0.29, 0.717) is 11.8 Å². The van der Waals surface area contributed by atoms with Gasteiger partial charge in [0.15, 0.2) is 0 Å².